The summed E-state index contributed by atoms with van der Waals surface area (Å²) in [7, 11) is 3.16. The first-order chi connectivity index (χ1) is 15.5. The van der Waals surface area contributed by atoms with E-state index in [0.29, 0.717) is 46.9 Å². The topological polar surface area (TPSA) is 104 Å². The van der Waals surface area contributed by atoms with E-state index in [1.165, 1.54) is 4.57 Å². The molecule has 1 aliphatic heterocycles. The molecule has 0 radical (unpaired) electrons. The van der Waals surface area contributed by atoms with Crippen LogP contribution >= 0.6 is 12.2 Å². The minimum atomic E-state index is -0.278. The highest BCUT2D eigenvalue weighted by atomic mass is 32.1. The molecule has 2 aromatic carbocycles. The third-order valence-corrected chi connectivity index (χ3v) is 5.54. The number of nitrogens with zero attached hydrogens (tertiary/aromatic N) is 1. The number of aromatic amines is 1. The van der Waals surface area contributed by atoms with Crippen LogP contribution in [-0.4, -0.2) is 43.0 Å². The first-order valence-corrected chi connectivity index (χ1v) is 10.4. The van der Waals surface area contributed by atoms with Gasteiger partial charge in [-0.25, -0.2) is 0 Å². The van der Waals surface area contributed by atoms with Crippen molar-refractivity contribution in [3.8, 4) is 23.0 Å². The fourth-order valence-electron chi connectivity index (χ4n) is 3.53. The standard InChI is InChI=1S/C22H23N3O6S/c1-28-16-4-3-13(9-17(16)29-2)5-7-23-20(26)6-8-25-21(27)14-10-18-19(31-12-30-18)11-15(14)24-22(25)32/h3-4,9-11H,5-8,12H2,1-2H3,(H,23,26)(H,24,32). The van der Waals surface area contributed by atoms with E-state index >= 15 is 0 Å². The van der Waals surface area contributed by atoms with E-state index in [1.54, 1.807) is 26.4 Å². The third-order valence-electron chi connectivity index (χ3n) is 5.22. The van der Waals surface area contributed by atoms with Gasteiger partial charge in [0.2, 0.25) is 12.7 Å². The Bertz CT molecular complexity index is 1280. The predicted octanol–water partition coefficient (Wildman–Crippen LogP) is 2.55. The maximum Gasteiger partial charge on any atom is 0.262 e. The number of carbonyl (C=O) groups is 1. The molecule has 0 fully saturated rings. The molecule has 1 aromatic heterocycles. The van der Waals surface area contributed by atoms with E-state index in [0.717, 1.165) is 5.56 Å². The Morgan fingerprint density at radius 3 is 2.66 bits per heavy atom. The van der Waals surface area contributed by atoms with Crippen LogP contribution in [0.15, 0.2) is 35.1 Å². The van der Waals surface area contributed by atoms with Crippen LogP contribution in [0, 0.1) is 4.77 Å². The molecule has 4 rings (SSSR count). The van der Waals surface area contributed by atoms with Crippen molar-refractivity contribution < 1.29 is 23.7 Å². The average molecular weight is 458 g/mol. The number of hydrogen-bond donors (Lipinski definition) is 2. The second-order valence-corrected chi connectivity index (χ2v) is 7.56. The lowest BCUT2D eigenvalue weighted by Gasteiger charge is -2.11. The molecule has 3 aromatic rings. The summed E-state index contributed by atoms with van der Waals surface area (Å²) < 4.78 is 22.8. The number of nitrogens with one attached hydrogen (secondary N) is 2. The van der Waals surface area contributed by atoms with Crippen LogP contribution in [-0.2, 0) is 17.8 Å². The molecule has 0 unspecified atom stereocenters. The zero-order valence-electron chi connectivity index (χ0n) is 17.7. The zero-order chi connectivity index (χ0) is 22.7. The van der Waals surface area contributed by atoms with E-state index in [-0.39, 0.29) is 36.0 Å². The molecule has 0 spiro atoms. The summed E-state index contributed by atoms with van der Waals surface area (Å²) in [5.41, 5.74) is 1.30. The van der Waals surface area contributed by atoms with E-state index in [4.69, 9.17) is 31.2 Å². The van der Waals surface area contributed by atoms with E-state index in [2.05, 4.69) is 10.3 Å². The van der Waals surface area contributed by atoms with Gasteiger partial charge in [0, 0.05) is 25.6 Å². The normalized spacial score (nSPS) is 12.1. The summed E-state index contributed by atoms with van der Waals surface area (Å²) in [4.78, 5) is 28.2. The summed E-state index contributed by atoms with van der Waals surface area (Å²) >= 11 is 5.32. The fraction of sp³-hybridized carbons (Fsp3) is 0.318. The van der Waals surface area contributed by atoms with Crippen molar-refractivity contribution in [2.45, 2.75) is 19.4 Å². The Labute approximate surface area is 188 Å². The van der Waals surface area contributed by atoms with Crippen molar-refractivity contribution in [2.24, 2.45) is 0 Å². The van der Waals surface area contributed by atoms with Crippen LogP contribution in [0.3, 0.4) is 0 Å². The molecule has 0 saturated heterocycles. The smallest absolute Gasteiger partial charge is 0.262 e. The highest BCUT2D eigenvalue weighted by molar-refractivity contribution is 7.71. The number of rotatable bonds is 8. The zero-order valence-corrected chi connectivity index (χ0v) is 18.5. The quantitative estimate of drug-likeness (QED) is 0.501. The molecule has 1 aliphatic rings. The van der Waals surface area contributed by atoms with Crippen molar-refractivity contribution in [1.82, 2.24) is 14.9 Å². The molecular weight excluding hydrogens is 434 g/mol. The largest absolute Gasteiger partial charge is 0.493 e. The number of hydrogen-bond acceptors (Lipinski definition) is 7. The van der Waals surface area contributed by atoms with Gasteiger partial charge in [0.15, 0.2) is 27.8 Å². The maximum atomic E-state index is 12.9. The van der Waals surface area contributed by atoms with Gasteiger partial charge in [-0.15, -0.1) is 0 Å². The number of methoxy groups -OCH3 is 2. The number of benzene rings is 2. The maximum absolute atomic E-state index is 12.9. The summed E-state index contributed by atoms with van der Waals surface area (Å²) in [5, 5.41) is 3.30. The summed E-state index contributed by atoms with van der Waals surface area (Å²) in [6, 6.07) is 8.96. The van der Waals surface area contributed by atoms with Gasteiger partial charge < -0.3 is 29.2 Å². The van der Waals surface area contributed by atoms with E-state index in [1.807, 2.05) is 18.2 Å². The van der Waals surface area contributed by atoms with Crippen molar-refractivity contribution in [3.05, 3.63) is 51.0 Å². The highest BCUT2D eigenvalue weighted by Crippen LogP contribution is 2.34. The van der Waals surface area contributed by atoms with Crippen LogP contribution in [0.2, 0.25) is 0 Å². The van der Waals surface area contributed by atoms with E-state index < -0.39 is 0 Å². The second kappa shape index (κ2) is 9.31. The Kier molecular flexibility index (Phi) is 6.31. The number of carbonyl (C=O) groups excluding carboxylic acids is 1. The summed E-state index contributed by atoms with van der Waals surface area (Å²) in [6.45, 7) is 0.738. The lowest BCUT2D eigenvalue weighted by molar-refractivity contribution is -0.121. The Balaban J connectivity index is 1.37. The monoisotopic (exact) mass is 457 g/mol. The molecule has 0 aliphatic carbocycles. The molecular formula is C22H23N3O6S. The number of fused-ring (bicyclic) bond motifs is 2. The molecule has 1 amide bonds. The highest BCUT2D eigenvalue weighted by Gasteiger charge is 2.17. The van der Waals surface area contributed by atoms with Gasteiger partial charge >= 0.3 is 0 Å². The van der Waals surface area contributed by atoms with Crippen molar-refractivity contribution in [2.75, 3.05) is 27.6 Å². The van der Waals surface area contributed by atoms with Crippen LogP contribution < -0.4 is 29.8 Å². The molecule has 32 heavy (non-hydrogen) atoms. The van der Waals surface area contributed by atoms with Gasteiger partial charge in [0.05, 0.1) is 25.1 Å². The van der Waals surface area contributed by atoms with Gasteiger partial charge in [-0.1, -0.05) is 6.07 Å². The van der Waals surface area contributed by atoms with Crippen LogP contribution in [0.5, 0.6) is 23.0 Å². The molecule has 0 bridgehead atoms. The van der Waals surface area contributed by atoms with Crippen molar-refractivity contribution in [3.63, 3.8) is 0 Å². The van der Waals surface area contributed by atoms with Crippen LogP contribution in [0.1, 0.15) is 12.0 Å². The minimum absolute atomic E-state index is 0.115. The van der Waals surface area contributed by atoms with Gasteiger partial charge in [-0.2, -0.15) is 0 Å². The van der Waals surface area contributed by atoms with Crippen molar-refractivity contribution >= 4 is 29.0 Å². The SMILES string of the molecule is COc1ccc(CCNC(=O)CCn2c(=S)[nH]c3cc4c(cc3c2=O)OCO4)cc1OC. The fourth-order valence-corrected chi connectivity index (χ4v) is 3.81. The lowest BCUT2D eigenvalue weighted by atomic mass is 10.1. The summed E-state index contributed by atoms with van der Waals surface area (Å²) in [5.74, 6) is 2.21. The van der Waals surface area contributed by atoms with Gasteiger partial charge in [0.25, 0.3) is 5.56 Å². The molecule has 0 saturated carbocycles. The van der Waals surface area contributed by atoms with Crippen molar-refractivity contribution in [1.29, 1.82) is 0 Å². The first kappa shape index (κ1) is 21.7. The number of amides is 1. The average Bonchev–Trinajstić information content (AvgIpc) is 3.25. The second-order valence-electron chi connectivity index (χ2n) is 7.18. The number of aromatic nitrogens is 2. The number of ether oxygens (including phenoxy) is 4. The lowest BCUT2D eigenvalue weighted by Crippen LogP contribution is -2.29. The van der Waals surface area contributed by atoms with Gasteiger partial charge in [-0.05, 0) is 42.4 Å². The Morgan fingerprint density at radius 2 is 1.91 bits per heavy atom. The Hall–Kier alpha value is -3.53. The third kappa shape index (κ3) is 4.40. The molecule has 0 atom stereocenters. The molecule has 10 heteroatoms. The minimum Gasteiger partial charge on any atom is -0.493 e. The predicted molar refractivity (Wildman–Crippen MR) is 120 cm³/mol. The van der Waals surface area contributed by atoms with Crippen LogP contribution in [0.4, 0.5) is 0 Å². The Morgan fingerprint density at radius 1 is 1.16 bits per heavy atom. The number of H-pyrrole nitrogens is 1. The molecule has 168 valence electrons. The molecule has 2 N–H and O–H groups in total. The van der Waals surface area contributed by atoms with E-state index in [9.17, 15) is 9.59 Å². The first-order valence-electron chi connectivity index (χ1n) is 10.0. The summed E-state index contributed by atoms with van der Waals surface area (Å²) in [6.07, 6.45) is 0.759. The van der Waals surface area contributed by atoms with Crippen LogP contribution in [0.25, 0.3) is 10.9 Å². The molecule has 2 heterocycles. The van der Waals surface area contributed by atoms with Gasteiger partial charge in [-0.3, -0.25) is 14.2 Å². The molecule has 9 nitrogen and oxygen atoms in total. The van der Waals surface area contributed by atoms with Gasteiger partial charge in [0.1, 0.15) is 0 Å².